The molecule has 0 saturated carbocycles. The summed E-state index contributed by atoms with van der Waals surface area (Å²) in [6.07, 6.45) is 2.02. The van der Waals surface area contributed by atoms with Crippen LogP contribution in [0, 0.1) is 0 Å². The maximum atomic E-state index is 13.7. The van der Waals surface area contributed by atoms with Gasteiger partial charge in [-0.15, -0.1) is 0 Å². The summed E-state index contributed by atoms with van der Waals surface area (Å²) in [6.45, 7) is 3.79. The van der Waals surface area contributed by atoms with Crippen molar-refractivity contribution in [3.05, 3.63) is 58.9 Å². The molecule has 2 saturated heterocycles. The topological polar surface area (TPSA) is 60.9 Å². The molecule has 2 aliphatic rings. The number of ether oxygens (including phenoxy) is 3. The second kappa shape index (κ2) is 8.13. The molecule has 4 rings (SSSR count). The van der Waals surface area contributed by atoms with Gasteiger partial charge in [-0.2, -0.15) is 0 Å². The van der Waals surface area contributed by atoms with E-state index in [1.807, 2.05) is 18.2 Å². The maximum Gasteiger partial charge on any atom is 0.254 e. The van der Waals surface area contributed by atoms with Crippen molar-refractivity contribution in [3.8, 4) is 5.75 Å². The van der Waals surface area contributed by atoms with Gasteiger partial charge in [-0.1, -0.05) is 17.7 Å². The summed E-state index contributed by atoms with van der Waals surface area (Å²) in [5.74, 6) is 0.193. The largest absolute Gasteiger partial charge is 0.489 e. The monoisotopic (exact) mass is 436 g/mol. The van der Waals surface area contributed by atoms with Gasteiger partial charge in [-0.05, 0) is 44.2 Å². The summed E-state index contributed by atoms with van der Waals surface area (Å²) in [4.78, 5) is 19.3. The van der Waals surface area contributed by atoms with Gasteiger partial charge >= 0.3 is 0 Å². The molecule has 0 unspecified atom stereocenters. The number of benzene rings is 1. The van der Waals surface area contributed by atoms with Gasteiger partial charge < -0.3 is 19.1 Å². The number of hydrogen-bond donors (Lipinski definition) is 0. The third-order valence-corrected chi connectivity index (χ3v) is 5.68. The summed E-state index contributed by atoms with van der Waals surface area (Å²) in [6, 6.07) is 10.5. The lowest BCUT2D eigenvalue weighted by molar-refractivity contribution is -0.0470. The number of alkyl halides is 1. The first-order valence-corrected chi connectivity index (χ1v) is 10.2. The van der Waals surface area contributed by atoms with Crippen molar-refractivity contribution in [2.45, 2.75) is 37.6 Å². The Morgan fingerprint density at radius 2 is 2.27 bits per heavy atom. The Labute approximate surface area is 181 Å². The van der Waals surface area contributed by atoms with Crippen LogP contribution in [-0.4, -0.2) is 54.1 Å². The first kappa shape index (κ1) is 21.0. The van der Waals surface area contributed by atoms with E-state index in [2.05, 4.69) is 4.98 Å². The number of piperidine rings is 1. The maximum absolute atomic E-state index is 13.7. The second-order valence-corrected chi connectivity index (χ2v) is 8.58. The number of pyridine rings is 1. The van der Waals surface area contributed by atoms with Crippen LogP contribution >= 0.6 is 11.6 Å². The van der Waals surface area contributed by atoms with Gasteiger partial charge in [0.05, 0.1) is 17.3 Å². The van der Waals surface area contributed by atoms with E-state index >= 15 is 0 Å². The highest BCUT2D eigenvalue weighted by atomic mass is 35.5. The van der Waals surface area contributed by atoms with Crippen molar-refractivity contribution in [3.63, 3.8) is 0 Å². The van der Waals surface area contributed by atoms with Crippen LogP contribution in [0.5, 0.6) is 5.75 Å². The molecule has 6 nitrogen and oxygen atoms in total. The molecule has 2 atom stereocenters. The summed E-state index contributed by atoms with van der Waals surface area (Å²) in [5, 5.41) is 0.269. The zero-order chi connectivity index (χ0) is 21.4. The van der Waals surface area contributed by atoms with Crippen LogP contribution in [0.1, 0.15) is 37.7 Å². The fraction of sp³-hybridized carbons (Fsp3) is 0.455. The average Bonchev–Trinajstić information content (AvgIpc) is 3.16. The molecule has 2 fully saturated rings. The van der Waals surface area contributed by atoms with E-state index in [9.17, 15) is 9.18 Å². The minimum Gasteiger partial charge on any atom is -0.489 e. The molecule has 0 radical (unpaired) electrons. The van der Waals surface area contributed by atoms with Crippen LogP contribution in [-0.2, 0) is 15.1 Å². The molecule has 0 spiro atoms. The SMILES string of the molecule is CC(C)(F)COc1ccc(C(=O)N2CC[C@]3(c4ccccn4)OCO[C@@H]3C2)cc1Cl.[HH]. The summed E-state index contributed by atoms with van der Waals surface area (Å²) >= 11 is 6.26. The average molecular weight is 437 g/mol. The van der Waals surface area contributed by atoms with Crippen molar-refractivity contribution >= 4 is 17.5 Å². The molecular formula is C22H26ClFN2O4. The molecule has 2 aromatic rings. The first-order chi connectivity index (χ1) is 14.3. The predicted molar refractivity (Wildman–Crippen MR) is 112 cm³/mol. The molecular weight excluding hydrogens is 411 g/mol. The number of carbonyl (C=O) groups excluding carboxylic acids is 1. The number of nitrogens with zero attached hydrogens (tertiary/aromatic N) is 2. The number of halogens is 2. The van der Waals surface area contributed by atoms with E-state index < -0.39 is 11.3 Å². The lowest BCUT2D eigenvalue weighted by Gasteiger charge is -2.41. The zero-order valence-corrected chi connectivity index (χ0v) is 17.7. The van der Waals surface area contributed by atoms with Crippen molar-refractivity contribution < 1.29 is 24.8 Å². The van der Waals surface area contributed by atoms with Gasteiger partial charge in [0.15, 0.2) is 0 Å². The highest BCUT2D eigenvalue weighted by Crippen LogP contribution is 2.42. The van der Waals surface area contributed by atoms with E-state index in [4.69, 9.17) is 25.8 Å². The Hall–Kier alpha value is -2.22. The second-order valence-electron chi connectivity index (χ2n) is 8.18. The highest BCUT2D eigenvalue weighted by molar-refractivity contribution is 6.32. The number of carbonyl (C=O) groups is 1. The Morgan fingerprint density at radius 1 is 1.43 bits per heavy atom. The molecule has 30 heavy (non-hydrogen) atoms. The minimum atomic E-state index is -1.48. The number of likely N-dealkylation sites (tertiary alicyclic amines) is 1. The number of fused-ring (bicyclic) bond motifs is 1. The molecule has 1 aromatic carbocycles. The van der Waals surface area contributed by atoms with Crippen molar-refractivity contribution in [1.82, 2.24) is 9.88 Å². The van der Waals surface area contributed by atoms with Crippen molar-refractivity contribution in [2.75, 3.05) is 26.5 Å². The van der Waals surface area contributed by atoms with E-state index in [-0.39, 0.29) is 31.9 Å². The van der Waals surface area contributed by atoms with Crippen molar-refractivity contribution in [2.24, 2.45) is 0 Å². The van der Waals surface area contributed by atoms with E-state index in [1.54, 1.807) is 29.3 Å². The standard InChI is InChI=1S/C22H24ClFN2O4.H2/c1-21(2,24)13-28-17-7-6-15(11-16(17)23)20(27)26-10-8-22(18-5-3-4-9-25-18)19(12-26)29-14-30-22;/h3-7,9,11,19H,8,10,12-14H2,1-2H3;1H/t19-,22-;/m1./s1. The van der Waals surface area contributed by atoms with Crippen LogP contribution in [0.4, 0.5) is 4.39 Å². The van der Waals surface area contributed by atoms with Gasteiger partial charge in [0.1, 0.15) is 36.5 Å². The number of aromatic nitrogens is 1. The fourth-order valence-electron chi connectivity index (χ4n) is 3.82. The number of amides is 1. The smallest absolute Gasteiger partial charge is 0.254 e. The highest BCUT2D eigenvalue weighted by Gasteiger charge is 2.52. The fourth-order valence-corrected chi connectivity index (χ4v) is 4.06. The lowest BCUT2D eigenvalue weighted by atomic mass is 9.85. The Kier molecular flexibility index (Phi) is 5.70. The van der Waals surface area contributed by atoms with Crippen molar-refractivity contribution in [1.29, 1.82) is 0 Å². The molecule has 8 heteroatoms. The van der Waals surface area contributed by atoms with Gasteiger partial charge in [0.25, 0.3) is 5.91 Å². The van der Waals surface area contributed by atoms with E-state index in [0.717, 1.165) is 5.69 Å². The molecule has 2 aliphatic heterocycles. The molecule has 0 aliphatic carbocycles. The molecule has 162 valence electrons. The summed E-state index contributed by atoms with van der Waals surface area (Å²) in [7, 11) is 0. The third kappa shape index (κ3) is 4.15. The van der Waals surface area contributed by atoms with Crippen LogP contribution in [0.2, 0.25) is 5.02 Å². The van der Waals surface area contributed by atoms with E-state index in [0.29, 0.717) is 30.8 Å². The molecule has 0 N–H and O–H groups in total. The number of rotatable bonds is 5. The summed E-state index contributed by atoms with van der Waals surface area (Å²) < 4.78 is 30.8. The molecule has 0 bridgehead atoms. The van der Waals surface area contributed by atoms with Gasteiger partial charge in [-0.25, -0.2) is 4.39 Å². The zero-order valence-electron chi connectivity index (χ0n) is 16.9. The normalized spacial score (nSPS) is 23.9. The quantitative estimate of drug-likeness (QED) is 0.702. The minimum absolute atomic E-state index is 0. The number of hydrogen-bond acceptors (Lipinski definition) is 5. The van der Waals surface area contributed by atoms with Crippen LogP contribution in [0.25, 0.3) is 0 Å². The summed E-state index contributed by atoms with van der Waals surface area (Å²) in [5.41, 5.74) is -0.849. The predicted octanol–water partition coefficient (Wildman–Crippen LogP) is 4.22. The third-order valence-electron chi connectivity index (χ3n) is 5.38. The van der Waals surface area contributed by atoms with Crippen LogP contribution in [0.15, 0.2) is 42.6 Å². The van der Waals surface area contributed by atoms with E-state index in [1.165, 1.54) is 13.8 Å². The van der Waals surface area contributed by atoms with Gasteiger partial charge in [-0.3, -0.25) is 9.78 Å². The molecule has 3 heterocycles. The Balaban J connectivity index is 0.00000272. The molecule has 1 amide bonds. The first-order valence-electron chi connectivity index (χ1n) is 9.86. The van der Waals surface area contributed by atoms with Crippen LogP contribution in [0.3, 0.4) is 0 Å². The molecule has 1 aromatic heterocycles. The van der Waals surface area contributed by atoms with Gasteiger partial charge in [0.2, 0.25) is 0 Å². The van der Waals surface area contributed by atoms with Crippen LogP contribution < -0.4 is 4.74 Å². The lowest BCUT2D eigenvalue weighted by Crippen LogP contribution is -2.53. The Bertz CT molecular complexity index is 927. The Morgan fingerprint density at radius 3 is 2.97 bits per heavy atom. The van der Waals surface area contributed by atoms with Gasteiger partial charge in [0, 0.05) is 26.2 Å².